The van der Waals surface area contributed by atoms with Crippen LogP contribution in [-0.4, -0.2) is 49.0 Å². The zero-order chi connectivity index (χ0) is 22.7. The Kier molecular flexibility index (Phi) is 4.19. The van der Waals surface area contributed by atoms with E-state index in [0.717, 1.165) is 4.90 Å². The van der Waals surface area contributed by atoms with Crippen LogP contribution in [0.1, 0.15) is 22.7 Å². The lowest BCUT2D eigenvalue weighted by Crippen LogP contribution is -2.31. The van der Waals surface area contributed by atoms with Gasteiger partial charge in [-0.2, -0.15) is 0 Å². The Morgan fingerprint density at radius 2 is 1.97 bits per heavy atom. The number of hydrogen-bond acceptors (Lipinski definition) is 7. The number of aryl methyl sites for hydroxylation is 1. The Bertz CT molecular complexity index is 1440. The fourth-order valence-corrected chi connectivity index (χ4v) is 4.51. The molecule has 33 heavy (non-hydrogen) atoms. The second kappa shape index (κ2) is 7.12. The Labute approximate surface area is 186 Å². The van der Waals surface area contributed by atoms with Gasteiger partial charge < -0.3 is 14.6 Å². The molecule has 1 N–H and O–H groups in total. The molecule has 10 nitrogen and oxygen atoms in total. The lowest BCUT2D eigenvalue weighted by atomic mass is 9.95. The molecule has 0 spiro atoms. The molecule has 6 rings (SSSR count). The van der Waals surface area contributed by atoms with Gasteiger partial charge in [-0.15, -0.1) is 10.2 Å². The first-order valence-corrected chi connectivity index (χ1v) is 10.2. The van der Waals surface area contributed by atoms with Gasteiger partial charge in [-0.3, -0.25) is 19.3 Å². The van der Waals surface area contributed by atoms with Crippen LogP contribution in [0.5, 0.6) is 11.5 Å². The highest BCUT2D eigenvalue weighted by Crippen LogP contribution is 2.43. The summed E-state index contributed by atoms with van der Waals surface area (Å²) in [5, 5.41) is 18.3. The molecular formula is C22H17FN6O4. The molecule has 0 fully saturated rings. The average Bonchev–Trinajstić information content (AvgIpc) is 3.45. The Balaban J connectivity index is 1.62. The number of hydrogen-bond donors (Lipinski definition) is 1. The molecule has 1 aromatic carbocycles. The quantitative estimate of drug-likeness (QED) is 0.472. The number of ether oxygens (including phenoxy) is 2. The van der Waals surface area contributed by atoms with Crippen molar-refractivity contribution in [2.24, 2.45) is 0 Å². The number of carboxylic acid groups (broad SMARTS) is 1. The average molecular weight is 448 g/mol. The minimum Gasteiger partial charge on any atom is -0.493 e. The van der Waals surface area contributed by atoms with Crippen LogP contribution in [0.25, 0.3) is 16.9 Å². The summed E-state index contributed by atoms with van der Waals surface area (Å²) < 4.78 is 28.4. The summed E-state index contributed by atoms with van der Waals surface area (Å²) in [5.74, 6) is 0.273. The molecule has 0 saturated heterocycles. The number of pyridine rings is 1. The van der Waals surface area contributed by atoms with Crippen LogP contribution in [0.3, 0.4) is 0 Å². The van der Waals surface area contributed by atoms with Crippen molar-refractivity contribution in [1.29, 1.82) is 0 Å². The van der Waals surface area contributed by atoms with Gasteiger partial charge in [0.1, 0.15) is 17.9 Å². The van der Waals surface area contributed by atoms with Gasteiger partial charge in [-0.05, 0) is 25.1 Å². The molecule has 2 aliphatic heterocycles. The Hall–Kier alpha value is -4.28. The smallest absolute Gasteiger partial charge is 0.413 e. The third-order valence-corrected chi connectivity index (χ3v) is 6.00. The maximum Gasteiger partial charge on any atom is 0.413 e. The number of rotatable bonds is 1. The Morgan fingerprint density at radius 1 is 1.18 bits per heavy atom. The number of anilines is 1. The largest absolute Gasteiger partial charge is 0.493 e. The highest BCUT2D eigenvalue weighted by Gasteiger charge is 2.35. The van der Waals surface area contributed by atoms with E-state index in [4.69, 9.17) is 9.47 Å². The molecule has 166 valence electrons. The highest BCUT2D eigenvalue weighted by atomic mass is 19.1. The van der Waals surface area contributed by atoms with Crippen molar-refractivity contribution in [3.8, 4) is 22.8 Å². The zero-order valence-electron chi connectivity index (χ0n) is 17.4. The third kappa shape index (κ3) is 2.89. The van der Waals surface area contributed by atoms with E-state index in [2.05, 4.69) is 20.2 Å². The normalized spacial score (nSPS) is 16.8. The van der Waals surface area contributed by atoms with Gasteiger partial charge in [-0.1, -0.05) is 0 Å². The molecule has 2 aliphatic rings. The van der Waals surface area contributed by atoms with Crippen LogP contribution in [0.4, 0.5) is 15.0 Å². The lowest BCUT2D eigenvalue weighted by Gasteiger charge is -2.23. The van der Waals surface area contributed by atoms with Crippen molar-refractivity contribution in [1.82, 2.24) is 24.6 Å². The van der Waals surface area contributed by atoms with Gasteiger partial charge >= 0.3 is 6.09 Å². The van der Waals surface area contributed by atoms with E-state index in [1.165, 1.54) is 16.8 Å². The van der Waals surface area contributed by atoms with Crippen molar-refractivity contribution in [3.05, 3.63) is 59.6 Å². The van der Waals surface area contributed by atoms with Gasteiger partial charge in [0.2, 0.25) is 0 Å². The molecule has 0 radical (unpaired) electrons. The summed E-state index contributed by atoms with van der Waals surface area (Å²) in [6.07, 6.45) is 3.29. The number of amides is 1. The minimum atomic E-state index is -1.27. The van der Waals surface area contributed by atoms with Crippen LogP contribution in [0.15, 0.2) is 36.9 Å². The highest BCUT2D eigenvalue weighted by molar-refractivity contribution is 5.90. The van der Waals surface area contributed by atoms with E-state index in [9.17, 15) is 14.3 Å². The number of aromatic nitrogens is 5. The van der Waals surface area contributed by atoms with Crippen molar-refractivity contribution in [2.45, 2.75) is 19.4 Å². The van der Waals surface area contributed by atoms with Crippen LogP contribution in [0, 0.1) is 12.7 Å². The maximum absolute atomic E-state index is 14.9. The summed E-state index contributed by atoms with van der Waals surface area (Å²) in [5.41, 5.74) is 3.12. The number of benzene rings is 1. The number of carbonyl (C=O) groups is 1. The summed E-state index contributed by atoms with van der Waals surface area (Å²) in [7, 11) is 0. The van der Waals surface area contributed by atoms with Gasteiger partial charge in [-0.25, -0.2) is 9.18 Å². The molecule has 0 bridgehead atoms. The molecule has 1 atom stereocenters. The van der Waals surface area contributed by atoms with Crippen LogP contribution in [-0.2, 0) is 6.54 Å². The van der Waals surface area contributed by atoms with E-state index in [0.29, 0.717) is 40.5 Å². The maximum atomic E-state index is 14.9. The van der Waals surface area contributed by atoms with E-state index in [1.54, 1.807) is 24.5 Å². The zero-order valence-corrected chi connectivity index (χ0v) is 17.4. The number of halogens is 1. The Morgan fingerprint density at radius 3 is 2.76 bits per heavy atom. The van der Waals surface area contributed by atoms with Gasteiger partial charge in [0.25, 0.3) is 0 Å². The van der Waals surface area contributed by atoms with Crippen LogP contribution in [0.2, 0.25) is 0 Å². The van der Waals surface area contributed by atoms with Crippen LogP contribution < -0.4 is 14.4 Å². The predicted molar refractivity (Wildman–Crippen MR) is 113 cm³/mol. The first-order chi connectivity index (χ1) is 16.0. The van der Waals surface area contributed by atoms with Crippen molar-refractivity contribution in [3.63, 3.8) is 0 Å². The van der Waals surface area contributed by atoms with E-state index >= 15 is 0 Å². The van der Waals surface area contributed by atoms with E-state index in [-0.39, 0.29) is 36.2 Å². The second-order valence-electron chi connectivity index (χ2n) is 7.89. The van der Waals surface area contributed by atoms with Crippen molar-refractivity contribution >= 4 is 17.6 Å². The van der Waals surface area contributed by atoms with Gasteiger partial charge in [0.05, 0.1) is 42.6 Å². The molecule has 0 saturated carbocycles. The number of nitrogens with zero attached hydrogens (tertiary/aromatic N) is 6. The fourth-order valence-electron chi connectivity index (χ4n) is 4.51. The van der Waals surface area contributed by atoms with Crippen molar-refractivity contribution < 1.29 is 23.8 Å². The monoisotopic (exact) mass is 448 g/mol. The lowest BCUT2D eigenvalue weighted by molar-refractivity contribution is 0.200. The molecule has 11 heteroatoms. The first kappa shape index (κ1) is 19.4. The summed E-state index contributed by atoms with van der Waals surface area (Å²) in [6.45, 7) is 2.09. The molecule has 0 aliphatic carbocycles. The van der Waals surface area contributed by atoms with E-state index < -0.39 is 11.9 Å². The van der Waals surface area contributed by atoms with Gasteiger partial charge in [0, 0.05) is 23.5 Å². The van der Waals surface area contributed by atoms with Gasteiger partial charge in [0.15, 0.2) is 17.2 Å². The molecule has 1 amide bonds. The summed E-state index contributed by atoms with van der Waals surface area (Å²) >= 11 is 0. The molecule has 3 aromatic heterocycles. The third-order valence-electron chi connectivity index (χ3n) is 6.00. The van der Waals surface area contributed by atoms with E-state index in [1.807, 2.05) is 6.92 Å². The molecule has 0 unspecified atom stereocenters. The first-order valence-electron chi connectivity index (χ1n) is 10.2. The topological polar surface area (TPSA) is 115 Å². The molecule has 4 aromatic rings. The molecule has 5 heterocycles. The summed E-state index contributed by atoms with van der Waals surface area (Å²) in [4.78, 5) is 22.2. The standard InChI is InChI=1S/C22H17FN6O4/c1-11-19(25-5-4-24-11)13-6-17-21(29-10-26-27-20(13)29)28(22(30)31)7-14-15(23)2-3-16-18(14)12(8-32-16)9-33-17/h2-6,10,12H,7-9H2,1H3,(H,30,31)/t12-/m0/s1. The predicted octanol–water partition coefficient (Wildman–Crippen LogP) is 3.19. The number of fused-ring (bicyclic) bond motifs is 3. The fraction of sp³-hybridized carbons (Fsp3) is 0.227. The second-order valence-corrected chi connectivity index (χ2v) is 7.89. The van der Waals surface area contributed by atoms with Crippen LogP contribution >= 0.6 is 0 Å². The molecular weight excluding hydrogens is 431 g/mol. The minimum absolute atomic E-state index is 0.177. The summed E-state index contributed by atoms with van der Waals surface area (Å²) in [6, 6.07) is 4.55. The SMILES string of the molecule is Cc1nccnc1-c1cc2c(n3cnnc13)N(C(=O)O)Cc1c(F)ccc3c1[C@@H](CO3)CO2. The van der Waals surface area contributed by atoms with Crippen molar-refractivity contribution in [2.75, 3.05) is 18.1 Å².